The van der Waals surface area contributed by atoms with Gasteiger partial charge in [-0.3, -0.25) is 0 Å². The summed E-state index contributed by atoms with van der Waals surface area (Å²) < 4.78 is 13.3. The molecule has 6 aromatic rings. The molecular formula is C40H36N2O2Si2. The van der Waals surface area contributed by atoms with Crippen LogP contribution in [0.2, 0.25) is 0 Å². The highest BCUT2D eigenvalue weighted by Gasteiger charge is 2.45. The molecule has 0 radical (unpaired) electrons. The maximum absolute atomic E-state index is 6.66. The van der Waals surface area contributed by atoms with E-state index in [9.17, 15) is 0 Å². The molecule has 0 bridgehead atoms. The molecule has 46 heavy (non-hydrogen) atoms. The molecule has 0 atom stereocenters. The monoisotopic (exact) mass is 632 g/mol. The van der Waals surface area contributed by atoms with Gasteiger partial charge in [-0.2, -0.15) is 0 Å². The van der Waals surface area contributed by atoms with Crippen molar-refractivity contribution >= 4 is 60.2 Å². The van der Waals surface area contributed by atoms with Gasteiger partial charge in [0.1, 0.15) is 0 Å². The predicted molar refractivity (Wildman–Crippen MR) is 196 cm³/mol. The molecule has 6 rings (SSSR count). The van der Waals surface area contributed by atoms with Crippen molar-refractivity contribution in [3.63, 3.8) is 0 Å². The van der Waals surface area contributed by atoms with Crippen molar-refractivity contribution in [2.75, 3.05) is 0 Å². The SMILES string of the molecule is C(/CC/C=N/O[Si](c1ccccc1)(c1ccccc1)c1ccccc1)=N\O[Si](c1ccccc1)(c1ccccc1)c1ccccc1. The van der Waals surface area contributed by atoms with E-state index in [0.717, 1.165) is 31.1 Å². The van der Waals surface area contributed by atoms with Crippen molar-refractivity contribution in [2.24, 2.45) is 10.3 Å². The summed E-state index contributed by atoms with van der Waals surface area (Å²) >= 11 is 0. The van der Waals surface area contributed by atoms with Crippen molar-refractivity contribution in [3.05, 3.63) is 182 Å². The number of oxime groups is 2. The van der Waals surface area contributed by atoms with Crippen LogP contribution < -0.4 is 31.1 Å². The van der Waals surface area contributed by atoms with Gasteiger partial charge in [-0.25, -0.2) is 0 Å². The van der Waals surface area contributed by atoms with E-state index in [0.29, 0.717) is 12.8 Å². The third kappa shape index (κ3) is 6.54. The second-order valence-electron chi connectivity index (χ2n) is 10.9. The molecule has 0 aromatic heterocycles. The average Bonchev–Trinajstić information content (AvgIpc) is 3.15. The van der Waals surface area contributed by atoms with Crippen LogP contribution in [0.15, 0.2) is 192 Å². The highest BCUT2D eigenvalue weighted by atomic mass is 28.4. The number of hydrogen-bond acceptors (Lipinski definition) is 4. The fourth-order valence-electron chi connectivity index (χ4n) is 5.84. The number of hydrogen-bond donors (Lipinski definition) is 0. The molecule has 0 saturated heterocycles. The molecule has 0 aliphatic carbocycles. The maximum Gasteiger partial charge on any atom is 0.380 e. The van der Waals surface area contributed by atoms with Gasteiger partial charge in [-0.1, -0.05) is 182 Å². The van der Waals surface area contributed by atoms with E-state index in [1.165, 1.54) is 0 Å². The molecule has 0 amide bonds. The van der Waals surface area contributed by atoms with Gasteiger partial charge in [0.15, 0.2) is 0 Å². The first-order valence-corrected chi connectivity index (χ1v) is 19.4. The normalized spacial score (nSPS) is 11.9. The van der Waals surface area contributed by atoms with E-state index in [-0.39, 0.29) is 0 Å². The molecule has 226 valence electrons. The minimum absolute atomic E-state index is 0.659. The maximum atomic E-state index is 6.66. The lowest BCUT2D eigenvalue weighted by Crippen LogP contribution is -2.68. The second kappa shape index (κ2) is 15.1. The van der Waals surface area contributed by atoms with Gasteiger partial charge in [0.05, 0.1) is 0 Å². The first-order chi connectivity index (χ1) is 22.8. The Balaban J connectivity index is 1.23. The molecule has 0 fully saturated rings. The van der Waals surface area contributed by atoms with Crippen LogP contribution in [0.1, 0.15) is 12.8 Å². The van der Waals surface area contributed by atoms with E-state index in [4.69, 9.17) is 9.05 Å². The van der Waals surface area contributed by atoms with Crippen molar-refractivity contribution in [1.29, 1.82) is 0 Å². The van der Waals surface area contributed by atoms with Crippen LogP contribution >= 0.6 is 0 Å². The Kier molecular flexibility index (Phi) is 10.1. The van der Waals surface area contributed by atoms with E-state index in [1.54, 1.807) is 0 Å². The highest BCUT2D eigenvalue weighted by Crippen LogP contribution is 2.12. The number of nitrogens with zero attached hydrogens (tertiary/aromatic N) is 2. The van der Waals surface area contributed by atoms with Gasteiger partial charge in [-0.15, -0.1) is 10.3 Å². The molecule has 0 unspecified atom stereocenters. The Morgan fingerprint density at radius 3 is 0.717 bits per heavy atom. The summed E-state index contributed by atoms with van der Waals surface area (Å²) in [5, 5.41) is 16.1. The zero-order valence-corrected chi connectivity index (χ0v) is 27.6. The van der Waals surface area contributed by atoms with Gasteiger partial charge >= 0.3 is 16.6 Å². The summed E-state index contributed by atoms with van der Waals surface area (Å²) in [6.07, 6.45) is 5.01. The van der Waals surface area contributed by atoms with Gasteiger partial charge in [0.25, 0.3) is 0 Å². The zero-order valence-electron chi connectivity index (χ0n) is 25.6. The fraction of sp³-hybridized carbons (Fsp3) is 0.0500. The molecule has 6 heteroatoms. The Morgan fingerprint density at radius 2 is 0.522 bits per heavy atom. The smallest absolute Gasteiger partial charge is 0.380 e. The minimum Gasteiger partial charge on any atom is -0.438 e. The summed E-state index contributed by atoms with van der Waals surface area (Å²) in [5.74, 6) is 0. The predicted octanol–water partition coefficient (Wildman–Crippen LogP) is 5.11. The van der Waals surface area contributed by atoms with Crippen molar-refractivity contribution in [2.45, 2.75) is 12.8 Å². The van der Waals surface area contributed by atoms with Gasteiger partial charge < -0.3 is 9.05 Å². The van der Waals surface area contributed by atoms with Crippen LogP contribution in [-0.4, -0.2) is 29.1 Å². The number of rotatable bonds is 13. The van der Waals surface area contributed by atoms with E-state index in [2.05, 4.69) is 156 Å². The van der Waals surface area contributed by atoms with Crippen LogP contribution in [0, 0.1) is 0 Å². The van der Waals surface area contributed by atoms with E-state index in [1.807, 2.05) is 48.8 Å². The quantitative estimate of drug-likeness (QED) is 0.0585. The van der Waals surface area contributed by atoms with Gasteiger partial charge in [-0.05, 0) is 44.0 Å². The van der Waals surface area contributed by atoms with Crippen LogP contribution in [0.5, 0.6) is 0 Å². The number of benzene rings is 6. The third-order valence-corrected chi connectivity index (χ3v) is 15.7. The van der Waals surface area contributed by atoms with E-state index >= 15 is 0 Å². The van der Waals surface area contributed by atoms with Crippen LogP contribution in [-0.2, 0) is 9.05 Å². The number of unbranched alkanes of at least 4 members (excludes halogenated alkanes) is 1. The standard InChI is InChI=1S/C40H36N2O2Si2/c1-7-21-35(22-8-1)45(36-23-9-2-10-24-36,37-25-11-3-12-26-37)43-41-33-19-20-34-42-44-46(38-27-13-4-14-28-38,39-29-15-5-16-30-39)40-31-17-6-18-32-40/h1-18,21-34H,19-20H2/b41-33+,42-34+. The topological polar surface area (TPSA) is 43.2 Å². The summed E-state index contributed by atoms with van der Waals surface area (Å²) in [6.45, 7) is 0. The Hall–Kier alpha value is -5.31. The highest BCUT2D eigenvalue weighted by molar-refractivity contribution is 7.07. The second-order valence-corrected chi connectivity index (χ2v) is 17.4. The molecular weight excluding hydrogens is 597 g/mol. The average molecular weight is 633 g/mol. The van der Waals surface area contributed by atoms with Crippen molar-refractivity contribution < 1.29 is 9.05 Å². The molecule has 4 nitrogen and oxygen atoms in total. The van der Waals surface area contributed by atoms with Crippen LogP contribution in [0.3, 0.4) is 0 Å². The summed E-state index contributed by atoms with van der Waals surface area (Å²) in [7, 11) is -5.77. The molecule has 6 aromatic carbocycles. The largest absolute Gasteiger partial charge is 0.438 e. The third-order valence-electron chi connectivity index (χ3n) is 8.04. The molecule has 0 heterocycles. The summed E-state index contributed by atoms with van der Waals surface area (Å²) in [4.78, 5) is 0. The first kappa shape index (κ1) is 30.7. The molecule has 0 N–H and O–H groups in total. The fourth-order valence-corrected chi connectivity index (χ4v) is 12.9. The first-order valence-electron chi connectivity index (χ1n) is 15.6. The lowest BCUT2D eigenvalue weighted by Gasteiger charge is -2.30. The Bertz CT molecular complexity index is 1490. The van der Waals surface area contributed by atoms with Gasteiger partial charge in [0, 0.05) is 12.4 Å². The minimum atomic E-state index is -2.89. The molecule has 0 spiro atoms. The van der Waals surface area contributed by atoms with E-state index < -0.39 is 16.6 Å². The van der Waals surface area contributed by atoms with Crippen LogP contribution in [0.25, 0.3) is 0 Å². The Labute approximate surface area is 273 Å². The lowest BCUT2D eigenvalue weighted by molar-refractivity contribution is 0.348. The molecule has 0 saturated carbocycles. The van der Waals surface area contributed by atoms with Crippen molar-refractivity contribution in [3.8, 4) is 0 Å². The van der Waals surface area contributed by atoms with Crippen LogP contribution in [0.4, 0.5) is 0 Å². The van der Waals surface area contributed by atoms with Gasteiger partial charge in [0.2, 0.25) is 0 Å². The Morgan fingerprint density at radius 1 is 0.326 bits per heavy atom. The van der Waals surface area contributed by atoms with Crippen molar-refractivity contribution in [1.82, 2.24) is 0 Å². The summed E-state index contributed by atoms with van der Waals surface area (Å²) in [6, 6.07) is 62.8. The molecule has 0 aliphatic rings. The lowest BCUT2D eigenvalue weighted by atomic mass is 10.3. The zero-order chi connectivity index (χ0) is 31.3. The molecule has 0 aliphatic heterocycles. The summed E-state index contributed by atoms with van der Waals surface area (Å²) in [5.41, 5.74) is 0.